The highest BCUT2D eigenvalue weighted by Crippen LogP contribution is 2.19. The fourth-order valence-corrected chi connectivity index (χ4v) is 1.49. The molecule has 2 aromatic rings. The van der Waals surface area contributed by atoms with Crippen molar-refractivity contribution in [2.45, 2.75) is 6.92 Å². The molecule has 0 aliphatic rings. The Balaban J connectivity index is 2.38. The summed E-state index contributed by atoms with van der Waals surface area (Å²) in [5.74, 6) is 0.0429. The minimum atomic E-state index is 0.0429. The van der Waals surface area contributed by atoms with E-state index in [2.05, 4.69) is 9.97 Å². The minimum Gasteiger partial charge on any atom is -0.467 e. The summed E-state index contributed by atoms with van der Waals surface area (Å²) in [4.78, 5) is 19.3. The summed E-state index contributed by atoms with van der Waals surface area (Å²) in [6, 6.07) is 7.70. The lowest BCUT2D eigenvalue weighted by atomic mass is 10.0. The van der Waals surface area contributed by atoms with Gasteiger partial charge in [0.25, 0.3) is 0 Å². The minimum absolute atomic E-state index is 0.0429. The number of carbonyl (C=O) groups is 1. The first-order chi connectivity index (χ1) is 8.20. The van der Waals surface area contributed by atoms with Gasteiger partial charge in [-0.1, -0.05) is 18.2 Å². The van der Waals surface area contributed by atoms with E-state index in [1.807, 2.05) is 18.2 Å². The molecular formula is C13H12N2O2. The lowest BCUT2D eigenvalue weighted by Crippen LogP contribution is -1.94. The van der Waals surface area contributed by atoms with Gasteiger partial charge in [-0.05, 0) is 18.6 Å². The molecule has 17 heavy (non-hydrogen) atoms. The molecular weight excluding hydrogens is 216 g/mol. The SMILES string of the molecule is COc1ncc(-c2cccc(C(C)=O)c2)cn1. The van der Waals surface area contributed by atoms with E-state index < -0.39 is 0 Å². The molecule has 1 aromatic heterocycles. The Hall–Kier alpha value is -2.23. The standard InChI is InChI=1S/C13H12N2O2/c1-9(16)10-4-3-5-11(6-10)12-7-14-13(17-2)15-8-12/h3-8H,1-2H3. The van der Waals surface area contributed by atoms with Crippen LogP contribution in [-0.4, -0.2) is 22.9 Å². The molecule has 4 heteroatoms. The number of nitrogens with zero attached hydrogens (tertiary/aromatic N) is 2. The molecule has 0 saturated carbocycles. The van der Waals surface area contributed by atoms with E-state index >= 15 is 0 Å². The first kappa shape index (κ1) is 11.3. The smallest absolute Gasteiger partial charge is 0.316 e. The van der Waals surface area contributed by atoms with Crippen molar-refractivity contribution < 1.29 is 9.53 Å². The third-order valence-corrected chi connectivity index (χ3v) is 2.41. The van der Waals surface area contributed by atoms with Crippen LogP contribution in [0.15, 0.2) is 36.7 Å². The molecule has 0 aliphatic heterocycles. The van der Waals surface area contributed by atoms with Crippen LogP contribution in [0, 0.1) is 0 Å². The number of aromatic nitrogens is 2. The van der Waals surface area contributed by atoms with Gasteiger partial charge in [0.15, 0.2) is 5.78 Å². The van der Waals surface area contributed by atoms with E-state index in [1.54, 1.807) is 25.4 Å². The predicted octanol–water partition coefficient (Wildman–Crippen LogP) is 2.35. The summed E-state index contributed by atoms with van der Waals surface area (Å²) in [7, 11) is 1.52. The monoisotopic (exact) mass is 228 g/mol. The van der Waals surface area contributed by atoms with Crippen LogP contribution in [0.3, 0.4) is 0 Å². The average molecular weight is 228 g/mol. The Morgan fingerprint density at radius 2 is 1.88 bits per heavy atom. The zero-order valence-corrected chi connectivity index (χ0v) is 9.68. The highest BCUT2D eigenvalue weighted by molar-refractivity contribution is 5.95. The number of carbonyl (C=O) groups excluding carboxylic acids is 1. The molecule has 0 bridgehead atoms. The van der Waals surface area contributed by atoms with Crippen LogP contribution in [0.1, 0.15) is 17.3 Å². The van der Waals surface area contributed by atoms with Gasteiger partial charge in [-0.3, -0.25) is 4.79 Å². The van der Waals surface area contributed by atoms with E-state index in [1.165, 1.54) is 7.11 Å². The zero-order chi connectivity index (χ0) is 12.3. The number of benzene rings is 1. The van der Waals surface area contributed by atoms with Gasteiger partial charge in [-0.15, -0.1) is 0 Å². The van der Waals surface area contributed by atoms with Crippen LogP contribution >= 0.6 is 0 Å². The first-order valence-corrected chi connectivity index (χ1v) is 5.18. The summed E-state index contributed by atoms with van der Waals surface area (Å²) in [6.45, 7) is 1.55. The molecule has 0 spiro atoms. The molecule has 0 amide bonds. The molecule has 0 N–H and O–H groups in total. The molecule has 0 fully saturated rings. The second kappa shape index (κ2) is 4.74. The number of ketones is 1. The fraction of sp³-hybridized carbons (Fsp3) is 0.154. The Kier molecular flexibility index (Phi) is 3.14. The molecule has 4 nitrogen and oxygen atoms in total. The summed E-state index contributed by atoms with van der Waals surface area (Å²) in [6.07, 6.45) is 3.34. The summed E-state index contributed by atoms with van der Waals surface area (Å²) in [5, 5.41) is 0. The van der Waals surface area contributed by atoms with Crippen molar-refractivity contribution in [3.8, 4) is 17.1 Å². The van der Waals surface area contributed by atoms with Crippen LogP contribution in [0.2, 0.25) is 0 Å². The van der Waals surface area contributed by atoms with Crippen molar-refractivity contribution in [2.24, 2.45) is 0 Å². The van der Waals surface area contributed by atoms with Gasteiger partial charge in [0, 0.05) is 23.5 Å². The normalized spacial score (nSPS) is 10.0. The van der Waals surface area contributed by atoms with E-state index in [9.17, 15) is 4.79 Å². The second-order valence-electron chi connectivity index (χ2n) is 3.60. The lowest BCUT2D eigenvalue weighted by molar-refractivity contribution is 0.101. The maximum absolute atomic E-state index is 11.3. The van der Waals surface area contributed by atoms with E-state index in [0.717, 1.165) is 11.1 Å². The molecule has 0 radical (unpaired) electrons. The van der Waals surface area contributed by atoms with Gasteiger partial charge in [-0.2, -0.15) is 0 Å². The third kappa shape index (κ3) is 2.47. The molecule has 0 aliphatic carbocycles. The fourth-order valence-electron chi connectivity index (χ4n) is 1.49. The van der Waals surface area contributed by atoms with Gasteiger partial charge >= 0.3 is 6.01 Å². The molecule has 0 saturated heterocycles. The van der Waals surface area contributed by atoms with Crippen molar-refractivity contribution in [1.82, 2.24) is 9.97 Å². The van der Waals surface area contributed by atoms with Crippen LogP contribution in [0.5, 0.6) is 6.01 Å². The first-order valence-electron chi connectivity index (χ1n) is 5.18. The second-order valence-corrected chi connectivity index (χ2v) is 3.60. The molecule has 1 heterocycles. The topological polar surface area (TPSA) is 52.1 Å². The van der Waals surface area contributed by atoms with E-state index in [-0.39, 0.29) is 5.78 Å². The van der Waals surface area contributed by atoms with Crippen LogP contribution < -0.4 is 4.74 Å². The van der Waals surface area contributed by atoms with Crippen molar-refractivity contribution in [2.75, 3.05) is 7.11 Å². The van der Waals surface area contributed by atoms with Crippen molar-refractivity contribution in [1.29, 1.82) is 0 Å². The lowest BCUT2D eigenvalue weighted by Gasteiger charge is -2.03. The van der Waals surface area contributed by atoms with E-state index in [0.29, 0.717) is 11.6 Å². The van der Waals surface area contributed by atoms with Crippen molar-refractivity contribution in [3.05, 3.63) is 42.2 Å². The number of ether oxygens (including phenoxy) is 1. The zero-order valence-electron chi connectivity index (χ0n) is 9.68. The predicted molar refractivity (Wildman–Crippen MR) is 64.0 cm³/mol. The van der Waals surface area contributed by atoms with E-state index in [4.69, 9.17) is 4.74 Å². The Morgan fingerprint density at radius 3 is 2.47 bits per heavy atom. The quantitative estimate of drug-likeness (QED) is 0.757. The number of Topliss-reactive ketones (excluding diaryl/α,β-unsaturated/α-hetero) is 1. The average Bonchev–Trinajstić information content (AvgIpc) is 2.39. The largest absolute Gasteiger partial charge is 0.467 e. The summed E-state index contributed by atoms with van der Waals surface area (Å²) >= 11 is 0. The van der Waals surface area contributed by atoms with Gasteiger partial charge in [0.2, 0.25) is 0 Å². The van der Waals surface area contributed by atoms with Crippen molar-refractivity contribution >= 4 is 5.78 Å². The van der Waals surface area contributed by atoms with Gasteiger partial charge < -0.3 is 4.74 Å². The molecule has 0 atom stereocenters. The molecule has 1 aromatic carbocycles. The van der Waals surface area contributed by atoms with Gasteiger partial charge in [0.05, 0.1) is 7.11 Å². The molecule has 2 rings (SSSR count). The highest BCUT2D eigenvalue weighted by atomic mass is 16.5. The third-order valence-electron chi connectivity index (χ3n) is 2.41. The highest BCUT2D eigenvalue weighted by Gasteiger charge is 2.03. The summed E-state index contributed by atoms with van der Waals surface area (Å²) in [5.41, 5.74) is 2.45. The van der Waals surface area contributed by atoms with Gasteiger partial charge in [-0.25, -0.2) is 9.97 Å². The summed E-state index contributed by atoms with van der Waals surface area (Å²) < 4.78 is 4.89. The Labute approximate surface area is 99.3 Å². The van der Waals surface area contributed by atoms with Gasteiger partial charge in [0.1, 0.15) is 0 Å². The Morgan fingerprint density at radius 1 is 1.18 bits per heavy atom. The number of methoxy groups -OCH3 is 1. The molecule has 0 unspecified atom stereocenters. The number of hydrogen-bond donors (Lipinski definition) is 0. The molecule has 86 valence electrons. The van der Waals surface area contributed by atoms with Crippen LogP contribution in [0.25, 0.3) is 11.1 Å². The van der Waals surface area contributed by atoms with Crippen LogP contribution in [-0.2, 0) is 0 Å². The van der Waals surface area contributed by atoms with Crippen LogP contribution in [0.4, 0.5) is 0 Å². The van der Waals surface area contributed by atoms with Crippen molar-refractivity contribution in [3.63, 3.8) is 0 Å². The maximum atomic E-state index is 11.3. The number of rotatable bonds is 3. The Bertz CT molecular complexity index is 535. The number of hydrogen-bond acceptors (Lipinski definition) is 4. The maximum Gasteiger partial charge on any atom is 0.316 e.